The molecule has 0 bridgehead atoms. The summed E-state index contributed by atoms with van der Waals surface area (Å²) in [6.45, 7) is 4.60. The summed E-state index contributed by atoms with van der Waals surface area (Å²) in [5.74, 6) is -1.57. The average molecular weight is 322 g/mol. The van der Waals surface area contributed by atoms with E-state index in [9.17, 15) is 13.2 Å². The molecule has 1 heterocycles. The van der Waals surface area contributed by atoms with E-state index in [1.807, 2.05) is 13.8 Å². The first kappa shape index (κ1) is 18.3. The zero-order valence-corrected chi connectivity index (χ0v) is 13.5. The molecule has 1 rings (SSSR count). The summed E-state index contributed by atoms with van der Waals surface area (Å²) in [6.07, 6.45) is 2.42. The van der Waals surface area contributed by atoms with Crippen molar-refractivity contribution >= 4 is 16.2 Å². The molecular formula is C13H26N2O5S. The van der Waals surface area contributed by atoms with Crippen LogP contribution in [0.1, 0.15) is 39.5 Å². The Morgan fingerprint density at radius 3 is 2.67 bits per heavy atom. The first-order valence-electron chi connectivity index (χ1n) is 7.26. The van der Waals surface area contributed by atoms with E-state index in [2.05, 4.69) is 4.72 Å². The lowest BCUT2D eigenvalue weighted by Gasteiger charge is -2.31. The number of carboxylic acids is 1. The first-order chi connectivity index (χ1) is 9.68. The van der Waals surface area contributed by atoms with Crippen molar-refractivity contribution in [3.63, 3.8) is 0 Å². The number of hydrogen-bond donors (Lipinski definition) is 3. The molecule has 0 saturated carbocycles. The lowest BCUT2D eigenvalue weighted by molar-refractivity contribution is -0.142. The van der Waals surface area contributed by atoms with Gasteiger partial charge < -0.3 is 10.2 Å². The highest BCUT2D eigenvalue weighted by atomic mass is 32.2. The Kier molecular flexibility index (Phi) is 6.58. The van der Waals surface area contributed by atoms with Gasteiger partial charge in [0.25, 0.3) is 10.2 Å². The lowest BCUT2D eigenvalue weighted by atomic mass is 9.88. The Balaban J connectivity index is 2.58. The number of hydrogen-bond acceptors (Lipinski definition) is 4. The molecule has 0 aliphatic carbocycles. The summed E-state index contributed by atoms with van der Waals surface area (Å²) in [6, 6.07) is 0. The smallest absolute Gasteiger partial charge is 0.307 e. The van der Waals surface area contributed by atoms with E-state index in [0.29, 0.717) is 32.2 Å². The van der Waals surface area contributed by atoms with Crippen molar-refractivity contribution in [3.8, 4) is 0 Å². The van der Waals surface area contributed by atoms with E-state index in [1.165, 1.54) is 4.31 Å². The van der Waals surface area contributed by atoms with Gasteiger partial charge in [-0.1, -0.05) is 13.8 Å². The van der Waals surface area contributed by atoms with Crippen LogP contribution in [0.15, 0.2) is 0 Å². The fourth-order valence-electron chi connectivity index (χ4n) is 2.39. The Labute approximate surface area is 126 Å². The van der Waals surface area contributed by atoms with E-state index in [4.69, 9.17) is 10.2 Å². The summed E-state index contributed by atoms with van der Waals surface area (Å²) in [4.78, 5) is 11.0. The quantitative estimate of drug-likeness (QED) is 0.600. The molecule has 1 atom stereocenters. The maximum Gasteiger partial charge on any atom is 0.307 e. The van der Waals surface area contributed by atoms with E-state index in [0.717, 1.165) is 0 Å². The molecule has 21 heavy (non-hydrogen) atoms. The molecule has 0 aromatic carbocycles. The maximum absolute atomic E-state index is 12.2. The SMILES string of the molecule is CC(C)(CCCO)CNS(=O)(=O)N1CCCC(C(=O)O)C1. The molecule has 124 valence electrons. The van der Waals surface area contributed by atoms with Gasteiger partial charge in [0.1, 0.15) is 0 Å². The molecule has 3 N–H and O–H groups in total. The van der Waals surface area contributed by atoms with Gasteiger partial charge in [-0.15, -0.1) is 0 Å². The fourth-order valence-corrected chi connectivity index (χ4v) is 3.89. The standard InChI is InChI=1S/C13H26N2O5S/c1-13(2,6-4-8-16)10-14-21(19,20)15-7-3-5-11(9-15)12(17)18/h11,14,16H,3-10H2,1-2H3,(H,17,18). The number of nitrogens with zero attached hydrogens (tertiary/aromatic N) is 1. The van der Waals surface area contributed by atoms with Crippen molar-refractivity contribution in [2.75, 3.05) is 26.2 Å². The molecule has 1 aliphatic rings. The van der Waals surface area contributed by atoms with Crippen LogP contribution in [0.25, 0.3) is 0 Å². The molecule has 0 aromatic heterocycles. The second kappa shape index (κ2) is 7.53. The maximum atomic E-state index is 12.2. The van der Waals surface area contributed by atoms with Crippen molar-refractivity contribution in [2.24, 2.45) is 11.3 Å². The monoisotopic (exact) mass is 322 g/mol. The average Bonchev–Trinajstić information content (AvgIpc) is 2.43. The highest BCUT2D eigenvalue weighted by Gasteiger charge is 2.33. The van der Waals surface area contributed by atoms with Crippen LogP contribution in [0.5, 0.6) is 0 Å². The van der Waals surface area contributed by atoms with Gasteiger partial charge in [0.15, 0.2) is 0 Å². The summed E-state index contributed by atoms with van der Waals surface area (Å²) in [7, 11) is -3.65. The third kappa shape index (κ3) is 5.90. The third-order valence-electron chi connectivity index (χ3n) is 3.82. The normalized spacial score (nSPS) is 21.4. The lowest BCUT2D eigenvalue weighted by Crippen LogP contribution is -2.49. The topological polar surface area (TPSA) is 107 Å². The minimum Gasteiger partial charge on any atom is -0.481 e. The molecule has 0 radical (unpaired) electrons. The molecule has 1 fully saturated rings. The van der Waals surface area contributed by atoms with Gasteiger partial charge in [0.2, 0.25) is 0 Å². The fraction of sp³-hybridized carbons (Fsp3) is 0.923. The summed E-state index contributed by atoms with van der Waals surface area (Å²) in [5.41, 5.74) is -0.252. The molecule has 1 unspecified atom stereocenters. The highest BCUT2D eigenvalue weighted by molar-refractivity contribution is 7.87. The van der Waals surface area contributed by atoms with Gasteiger partial charge in [-0.2, -0.15) is 12.7 Å². The minimum absolute atomic E-state index is 0.0295. The number of carboxylic acid groups (broad SMARTS) is 1. The summed E-state index contributed by atoms with van der Waals surface area (Å²) < 4.78 is 28.3. The van der Waals surface area contributed by atoms with Gasteiger partial charge in [-0.25, -0.2) is 4.72 Å². The summed E-state index contributed by atoms with van der Waals surface area (Å²) >= 11 is 0. The van der Waals surface area contributed by atoms with Crippen LogP contribution in [0.4, 0.5) is 0 Å². The third-order valence-corrected chi connectivity index (χ3v) is 5.34. The van der Waals surface area contributed by atoms with Gasteiger partial charge >= 0.3 is 5.97 Å². The predicted octanol–water partition coefficient (Wildman–Crippen LogP) is 0.416. The van der Waals surface area contributed by atoms with Crippen LogP contribution in [0.3, 0.4) is 0 Å². The van der Waals surface area contributed by atoms with Crippen molar-refractivity contribution < 1.29 is 23.4 Å². The van der Waals surface area contributed by atoms with Gasteiger partial charge in [-0.3, -0.25) is 4.79 Å². The van der Waals surface area contributed by atoms with Crippen LogP contribution < -0.4 is 4.72 Å². The Hall–Kier alpha value is -0.700. The molecule has 1 aliphatic heterocycles. The number of aliphatic carboxylic acids is 1. The highest BCUT2D eigenvalue weighted by Crippen LogP contribution is 2.23. The first-order valence-corrected chi connectivity index (χ1v) is 8.70. The second-order valence-electron chi connectivity index (χ2n) is 6.35. The van der Waals surface area contributed by atoms with Crippen LogP contribution in [-0.2, 0) is 15.0 Å². The number of aliphatic hydroxyl groups excluding tert-OH is 1. The van der Waals surface area contributed by atoms with Crippen LogP contribution in [0, 0.1) is 11.3 Å². The Bertz CT molecular complexity index is 449. The van der Waals surface area contributed by atoms with E-state index in [1.54, 1.807) is 0 Å². The molecule has 0 aromatic rings. The van der Waals surface area contributed by atoms with Crippen LogP contribution >= 0.6 is 0 Å². The Morgan fingerprint density at radius 1 is 1.43 bits per heavy atom. The minimum atomic E-state index is -3.65. The molecule has 0 amide bonds. The predicted molar refractivity (Wildman–Crippen MR) is 79.0 cm³/mol. The molecule has 0 spiro atoms. The number of rotatable bonds is 8. The number of aliphatic hydroxyl groups is 1. The molecular weight excluding hydrogens is 296 g/mol. The zero-order chi connectivity index (χ0) is 16.1. The molecule has 1 saturated heterocycles. The Morgan fingerprint density at radius 2 is 2.10 bits per heavy atom. The molecule has 8 heteroatoms. The van der Waals surface area contributed by atoms with Gasteiger partial charge in [0, 0.05) is 26.2 Å². The van der Waals surface area contributed by atoms with Crippen molar-refractivity contribution in [2.45, 2.75) is 39.5 Å². The van der Waals surface area contributed by atoms with Crippen LogP contribution in [-0.4, -0.2) is 55.1 Å². The number of carbonyl (C=O) groups is 1. The van der Waals surface area contributed by atoms with E-state index >= 15 is 0 Å². The number of piperidine rings is 1. The van der Waals surface area contributed by atoms with Crippen molar-refractivity contribution in [3.05, 3.63) is 0 Å². The van der Waals surface area contributed by atoms with Gasteiger partial charge in [-0.05, 0) is 31.1 Å². The molecule has 7 nitrogen and oxygen atoms in total. The number of nitrogens with one attached hydrogen (secondary N) is 1. The van der Waals surface area contributed by atoms with Crippen molar-refractivity contribution in [1.29, 1.82) is 0 Å². The summed E-state index contributed by atoms with van der Waals surface area (Å²) in [5, 5.41) is 17.9. The zero-order valence-electron chi connectivity index (χ0n) is 12.7. The van der Waals surface area contributed by atoms with Crippen LogP contribution in [0.2, 0.25) is 0 Å². The van der Waals surface area contributed by atoms with Gasteiger partial charge in [0.05, 0.1) is 5.92 Å². The van der Waals surface area contributed by atoms with E-state index < -0.39 is 22.1 Å². The van der Waals surface area contributed by atoms with Crippen molar-refractivity contribution in [1.82, 2.24) is 9.03 Å². The van der Waals surface area contributed by atoms with E-state index in [-0.39, 0.29) is 25.1 Å². The second-order valence-corrected chi connectivity index (χ2v) is 8.11. The largest absolute Gasteiger partial charge is 0.481 e.